The Morgan fingerprint density at radius 1 is 0.920 bits per heavy atom. The van der Waals surface area contributed by atoms with E-state index in [-0.39, 0.29) is 28.5 Å². The van der Waals surface area contributed by atoms with E-state index in [4.69, 9.17) is 4.74 Å². The normalized spacial score (nSPS) is 10.7. The fourth-order valence-electron chi connectivity index (χ4n) is 1.97. The summed E-state index contributed by atoms with van der Waals surface area (Å²) in [6, 6.07) is 9.18. The second-order valence-corrected chi connectivity index (χ2v) is 4.57. The molecule has 2 aromatic rings. The van der Waals surface area contributed by atoms with Crippen molar-refractivity contribution >= 4 is 11.6 Å². The SMILES string of the molecule is COc1cc(C(=O)Nc2ccccc2OC(F)F)ccc1OC(F)F. The van der Waals surface area contributed by atoms with Gasteiger partial charge in [-0.1, -0.05) is 12.1 Å². The third-order valence-electron chi connectivity index (χ3n) is 2.99. The number of hydrogen-bond donors (Lipinski definition) is 1. The molecule has 0 saturated heterocycles. The van der Waals surface area contributed by atoms with Crippen molar-refractivity contribution in [1.82, 2.24) is 0 Å². The lowest BCUT2D eigenvalue weighted by atomic mass is 10.1. The summed E-state index contributed by atoms with van der Waals surface area (Å²) in [6.45, 7) is -6.10. The van der Waals surface area contributed by atoms with Crippen molar-refractivity contribution in [3.63, 3.8) is 0 Å². The summed E-state index contributed by atoms with van der Waals surface area (Å²) in [4.78, 5) is 12.3. The molecule has 0 aliphatic carbocycles. The Morgan fingerprint density at radius 2 is 1.56 bits per heavy atom. The van der Waals surface area contributed by atoms with Gasteiger partial charge in [-0.15, -0.1) is 0 Å². The molecule has 0 spiro atoms. The Morgan fingerprint density at radius 3 is 2.20 bits per heavy atom. The predicted molar refractivity (Wildman–Crippen MR) is 80.7 cm³/mol. The molecule has 0 aromatic heterocycles. The van der Waals surface area contributed by atoms with Gasteiger partial charge in [0.25, 0.3) is 5.91 Å². The maximum absolute atomic E-state index is 12.4. The topological polar surface area (TPSA) is 56.8 Å². The number of anilines is 1. The molecule has 0 aliphatic heterocycles. The molecule has 1 N–H and O–H groups in total. The maximum Gasteiger partial charge on any atom is 0.387 e. The minimum absolute atomic E-state index is 0.0275. The van der Waals surface area contributed by atoms with Gasteiger partial charge >= 0.3 is 13.2 Å². The van der Waals surface area contributed by atoms with Gasteiger partial charge in [-0.25, -0.2) is 0 Å². The van der Waals surface area contributed by atoms with Crippen LogP contribution in [-0.4, -0.2) is 26.2 Å². The first-order chi connectivity index (χ1) is 11.9. The number of nitrogens with one attached hydrogen (secondary N) is 1. The number of ether oxygens (including phenoxy) is 3. The third-order valence-corrected chi connectivity index (χ3v) is 2.99. The Hall–Kier alpha value is -2.97. The van der Waals surface area contributed by atoms with E-state index in [0.717, 1.165) is 6.07 Å². The number of carbonyl (C=O) groups excluding carboxylic acids is 1. The van der Waals surface area contributed by atoms with Crippen LogP contribution in [0.1, 0.15) is 10.4 Å². The van der Waals surface area contributed by atoms with Crippen LogP contribution < -0.4 is 19.5 Å². The van der Waals surface area contributed by atoms with Gasteiger partial charge < -0.3 is 19.5 Å². The molecule has 0 unspecified atom stereocenters. The zero-order chi connectivity index (χ0) is 18.4. The second kappa shape index (κ2) is 8.22. The summed E-state index contributed by atoms with van der Waals surface area (Å²) in [5.41, 5.74) is 0.0741. The van der Waals surface area contributed by atoms with E-state index in [1.807, 2.05) is 0 Å². The first-order valence-electron chi connectivity index (χ1n) is 6.88. The van der Waals surface area contributed by atoms with Crippen LogP contribution in [0.4, 0.5) is 23.2 Å². The number of carbonyl (C=O) groups is 1. The number of para-hydroxylation sites is 2. The van der Waals surface area contributed by atoms with Crippen LogP contribution in [0.3, 0.4) is 0 Å². The Labute approximate surface area is 140 Å². The summed E-state index contributed by atoms with van der Waals surface area (Å²) < 4.78 is 62.8. The lowest BCUT2D eigenvalue weighted by molar-refractivity contribution is -0.0514. The standard InChI is InChI=1S/C16H13F4NO4/c1-23-13-8-9(6-7-12(13)25-16(19)20)14(22)21-10-4-2-3-5-11(10)24-15(17)18/h2-8,15-16H,1H3,(H,21,22). The van der Waals surface area contributed by atoms with Crippen molar-refractivity contribution in [3.05, 3.63) is 48.0 Å². The number of rotatable bonds is 7. The molecule has 0 atom stereocenters. The van der Waals surface area contributed by atoms with Gasteiger partial charge in [-0.2, -0.15) is 17.6 Å². The average Bonchev–Trinajstić information content (AvgIpc) is 2.56. The minimum atomic E-state index is -3.05. The molecule has 0 aliphatic rings. The van der Waals surface area contributed by atoms with Crippen LogP contribution >= 0.6 is 0 Å². The van der Waals surface area contributed by atoms with Crippen molar-refractivity contribution < 1.29 is 36.6 Å². The summed E-state index contributed by atoms with van der Waals surface area (Å²) in [7, 11) is 1.22. The zero-order valence-electron chi connectivity index (χ0n) is 12.8. The lowest BCUT2D eigenvalue weighted by Gasteiger charge is -2.13. The molecule has 0 radical (unpaired) electrons. The molecule has 25 heavy (non-hydrogen) atoms. The molecule has 0 heterocycles. The third kappa shape index (κ3) is 5.00. The van der Waals surface area contributed by atoms with E-state index < -0.39 is 19.1 Å². The number of halogens is 4. The van der Waals surface area contributed by atoms with Gasteiger partial charge in [0.1, 0.15) is 5.75 Å². The van der Waals surface area contributed by atoms with E-state index >= 15 is 0 Å². The zero-order valence-corrected chi connectivity index (χ0v) is 12.8. The summed E-state index contributed by atoms with van der Waals surface area (Å²) in [6.07, 6.45) is 0. The summed E-state index contributed by atoms with van der Waals surface area (Å²) >= 11 is 0. The molecule has 0 fully saturated rings. The fraction of sp³-hybridized carbons (Fsp3) is 0.188. The Balaban J connectivity index is 2.21. The van der Waals surface area contributed by atoms with Crippen molar-refractivity contribution in [1.29, 1.82) is 0 Å². The number of alkyl halides is 4. The van der Waals surface area contributed by atoms with Gasteiger partial charge in [-0.05, 0) is 30.3 Å². The molecule has 134 valence electrons. The van der Waals surface area contributed by atoms with E-state index in [9.17, 15) is 22.4 Å². The first kappa shape index (κ1) is 18.4. The number of amides is 1. The monoisotopic (exact) mass is 359 g/mol. The van der Waals surface area contributed by atoms with Gasteiger partial charge in [-0.3, -0.25) is 4.79 Å². The minimum Gasteiger partial charge on any atom is -0.493 e. The van der Waals surface area contributed by atoms with Gasteiger partial charge in [0.05, 0.1) is 12.8 Å². The van der Waals surface area contributed by atoms with Gasteiger partial charge in [0, 0.05) is 5.56 Å². The second-order valence-electron chi connectivity index (χ2n) is 4.57. The van der Waals surface area contributed by atoms with Gasteiger partial charge in [0.2, 0.25) is 0 Å². The highest BCUT2D eigenvalue weighted by molar-refractivity contribution is 6.05. The van der Waals surface area contributed by atoms with E-state index in [2.05, 4.69) is 14.8 Å². The highest BCUT2D eigenvalue weighted by Gasteiger charge is 2.16. The van der Waals surface area contributed by atoms with Gasteiger partial charge in [0.15, 0.2) is 11.5 Å². The summed E-state index contributed by atoms with van der Waals surface area (Å²) in [5.74, 6) is -1.21. The summed E-state index contributed by atoms with van der Waals surface area (Å²) in [5, 5.41) is 2.40. The van der Waals surface area contributed by atoms with E-state index in [0.29, 0.717) is 0 Å². The van der Waals surface area contributed by atoms with E-state index in [1.165, 1.54) is 43.5 Å². The average molecular weight is 359 g/mol. The quantitative estimate of drug-likeness (QED) is 0.755. The van der Waals surface area contributed by atoms with E-state index in [1.54, 1.807) is 0 Å². The first-order valence-corrected chi connectivity index (χ1v) is 6.88. The van der Waals surface area contributed by atoms with Crippen molar-refractivity contribution in [2.24, 2.45) is 0 Å². The lowest BCUT2D eigenvalue weighted by Crippen LogP contribution is -2.14. The Kier molecular flexibility index (Phi) is 6.04. The van der Waals surface area contributed by atoms with Crippen molar-refractivity contribution in [2.75, 3.05) is 12.4 Å². The molecule has 5 nitrogen and oxygen atoms in total. The Bertz CT molecular complexity index is 740. The molecule has 0 bridgehead atoms. The molecule has 2 rings (SSSR count). The molecule has 1 amide bonds. The van der Waals surface area contributed by atoms with Crippen LogP contribution in [0.5, 0.6) is 17.2 Å². The predicted octanol–water partition coefficient (Wildman–Crippen LogP) is 4.15. The van der Waals surface area contributed by atoms with Crippen LogP contribution in [-0.2, 0) is 0 Å². The van der Waals surface area contributed by atoms with Crippen LogP contribution in [0, 0.1) is 0 Å². The number of methoxy groups -OCH3 is 1. The number of benzene rings is 2. The molecular formula is C16H13F4NO4. The van der Waals surface area contributed by atoms with Crippen LogP contribution in [0.25, 0.3) is 0 Å². The fourth-order valence-corrected chi connectivity index (χ4v) is 1.97. The molecule has 0 saturated carbocycles. The van der Waals surface area contributed by atoms with Crippen LogP contribution in [0.15, 0.2) is 42.5 Å². The molecular weight excluding hydrogens is 346 g/mol. The highest BCUT2D eigenvalue weighted by atomic mass is 19.3. The van der Waals surface area contributed by atoms with Crippen molar-refractivity contribution in [3.8, 4) is 17.2 Å². The molecule has 2 aromatic carbocycles. The smallest absolute Gasteiger partial charge is 0.387 e. The largest absolute Gasteiger partial charge is 0.493 e. The molecule has 9 heteroatoms. The highest BCUT2D eigenvalue weighted by Crippen LogP contribution is 2.31. The van der Waals surface area contributed by atoms with Crippen LogP contribution in [0.2, 0.25) is 0 Å². The van der Waals surface area contributed by atoms with Crippen molar-refractivity contribution in [2.45, 2.75) is 13.2 Å². The maximum atomic E-state index is 12.4. The number of hydrogen-bond acceptors (Lipinski definition) is 4.